The lowest BCUT2D eigenvalue weighted by Gasteiger charge is -2.05. The van der Waals surface area contributed by atoms with Gasteiger partial charge in [-0.1, -0.05) is 13.8 Å². The monoisotopic (exact) mass is 176 g/mol. The summed E-state index contributed by atoms with van der Waals surface area (Å²) in [4.78, 5) is 4.09. The summed E-state index contributed by atoms with van der Waals surface area (Å²) in [6.07, 6.45) is 3.76. The van der Waals surface area contributed by atoms with Gasteiger partial charge in [-0.2, -0.15) is 0 Å². The Morgan fingerprint density at radius 2 is 2.08 bits per heavy atom. The van der Waals surface area contributed by atoms with Crippen LogP contribution in [0.25, 0.3) is 0 Å². The SMILES string of the molecule is Cc1cnccc1[C@@H]1[C@@H](N)C1(C)C. The maximum atomic E-state index is 6.02. The van der Waals surface area contributed by atoms with E-state index in [2.05, 4.69) is 31.8 Å². The van der Waals surface area contributed by atoms with E-state index in [-0.39, 0.29) is 5.41 Å². The van der Waals surface area contributed by atoms with Crippen molar-refractivity contribution in [2.24, 2.45) is 11.1 Å². The normalized spacial score (nSPS) is 30.2. The van der Waals surface area contributed by atoms with E-state index in [9.17, 15) is 0 Å². The van der Waals surface area contributed by atoms with E-state index >= 15 is 0 Å². The van der Waals surface area contributed by atoms with Crippen molar-refractivity contribution in [3.8, 4) is 0 Å². The van der Waals surface area contributed by atoms with Crippen LogP contribution in [0.2, 0.25) is 0 Å². The van der Waals surface area contributed by atoms with Crippen LogP contribution in [-0.4, -0.2) is 11.0 Å². The van der Waals surface area contributed by atoms with E-state index in [0.717, 1.165) is 0 Å². The fourth-order valence-electron chi connectivity index (χ4n) is 2.10. The average Bonchev–Trinajstić information content (AvgIpc) is 2.54. The quantitative estimate of drug-likeness (QED) is 0.709. The van der Waals surface area contributed by atoms with Gasteiger partial charge in [0.1, 0.15) is 0 Å². The molecule has 2 atom stereocenters. The molecule has 1 saturated carbocycles. The van der Waals surface area contributed by atoms with Crippen LogP contribution < -0.4 is 5.73 Å². The Kier molecular flexibility index (Phi) is 1.70. The molecule has 0 aromatic carbocycles. The van der Waals surface area contributed by atoms with Gasteiger partial charge in [-0.3, -0.25) is 4.98 Å². The molecule has 0 unspecified atom stereocenters. The predicted octanol–water partition coefficient (Wildman–Crippen LogP) is 1.84. The summed E-state index contributed by atoms with van der Waals surface area (Å²) in [5.41, 5.74) is 8.92. The first kappa shape index (κ1) is 8.70. The van der Waals surface area contributed by atoms with Gasteiger partial charge in [-0.05, 0) is 29.5 Å². The van der Waals surface area contributed by atoms with E-state index in [1.54, 1.807) is 0 Å². The zero-order valence-corrected chi connectivity index (χ0v) is 8.41. The Hall–Kier alpha value is -0.890. The minimum absolute atomic E-state index is 0.270. The minimum atomic E-state index is 0.270. The Balaban J connectivity index is 2.34. The Labute approximate surface area is 79.2 Å². The molecular formula is C11H16N2. The lowest BCUT2D eigenvalue weighted by Crippen LogP contribution is -2.06. The van der Waals surface area contributed by atoms with Crippen LogP contribution in [0.4, 0.5) is 0 Å². The number of aryl methyl sites for hydroxylation is 1. The van der Waals surface area contributed by atoms with Crippen molar-refractivity contribution in [1.29, 1.82) is 0 Å². The summed E-state index contributed by atoms with van der Waals surface area (Å²) in [6, 6.07) is 2.41. The van der Waals surface area contributed by atoms with Gasteiger partial charge in [0.15, 0.2) is 0 Å². The van der Waals surface area contributed by atoms with Crippen LogP contribution in [-0.2, 0) is 0 Å². The summed E-state index contributed by atoms with van der Waals surface area (Å²) in [5.74, 6) is 0.524. The largest absolute Gasteiger partial charge is 0.327 e. The van der Waals surface area contributed by atoms with Crippen LogP contribution >= 0.6 is 0 Å². The number of nitrogens with two attached hydrogens (primary N) is 1. The van der Waals surface area contributed by atoms with Crippen LogP contribution in [0.5, 0.6) is 0 Å². The Morgan fingerprint density at radius 1 is 1.46 bits per heavy atom. The van der Waals surface area contributed by atoms with Gasteiger partial charge in [0, 0.05) is 24.4 Å². The highest BCUT2D eigenvalue weighted by Gasteiger charge is 2.56. The molecule has 2 nitrogen and oxygen atoms in total. The lowest BCUT2D eigenvalue weighted by molar-refractivity contribution is 0.598. The van der Waals surface area contributed by atoms with Crippen LogP contribution in [0.15, 0.2) is 18.5 Å². The first-order chi connectivity index (χ1) is 6.05. The number of aromatic nitrogens is 1. The molecule has 1 aliphatic carbocycles. The van der Waals surface area contributed by atoms with Crippen molar-refractivity contribution < 1.29 is 0 Å². The first-order valence-electron chi connectivity index (χ1n) is 4.71. The zero-order valence-electron chi connectivity index (χ0n) is 8.41. The Bertz CT molecular complexity index is 331. The number of hydrogen-bond donors (Lipinski definition) is 1. The van der Waals surface area contributed by atoms with Crippen LogP contribution in [0, 0.1) is 12.3 Å². The van der Waals surface area contributed by atoms with Gasteiger partial charge >= 0.3 is 0 Å². The maximum absolute atomic E-state index is 6.02. The second-order valence-electron chi connectivity index (χ2n) is 4.56. The molecule has 1 aromatic rings. The number of pyridine rings is 1. The molecule has 0 aliphatic heterocycles. The van der Waals surface area contributed by atoms with Gasteiger partial charge in [0.25, 0.3) is 0 Å². The van der Waals surface area contributed by atoms with E-state index < -0.39 is 0 Å². The molecule has 0 amide bonds. The number of hydrogen-bond acceptors (Lipinski definition) is 2. The van der Waals surface area contributed by atoms with Crippen LogP contribution in [0.3, 0.4) is 0 Å². The average molecular weight is 176 g/mol. The van der Waals surface area contributed by atoms with Crippen molar-refractivity contribution in [2.45, 2.75) is 32.7 Å². The third-order valence-electron chi connectivity index (χ3n) is 3.31. The van der Waals surface area contributed by atoms with Gasteiger partial charge in [-0.25, -0.2) is 0 Å². The fraction of sp³-hybridized carbons (Fsp3) is 0.545. The summed E-state index contributed by atoms with van der Waals surface area (Å²) in [5, 5.41) is 0. The molecule has 1 fully saturated rings. The molecule has 2 N–H and O–H groups in total. The van der Waals surface area contributed by atoms with Crippen molar-refractivity contribution in [1.82, 2.24) is 4.98 Å². The maximum Gasteiger partial charge on any atom is 0.0299 e. The second kappa shape index (κ2) is 2.55. The van der Waals surface area contributed by atoms with Crippen molar-refractivity contribution in [3.63, 3.8) is 0 Å². The van der Waals surface area contributed by atoms with Crippen molar-refractivity contribution in [3.05, 3.63) is 29.6 Å². The molecule has 1 aromatic heterocycles. The standard InChI is InChI=1S/C11H16N2/c1-7-6-13-5-4-8(7)9-10(12)11(9,2)3/h4-6,9-10H,12H2,1-3H3/t9-,10-/m1/s1. The Morgan fingerprint density at radius 3 is 2.54 bits per heavy atom. The van der Waals surface area contributed by atoms with Crippen LogP contribution in [0.1, 0.15) is 30.9 Å². The van der Waals surface area contributed by atoms with Crippen molar-refractivity contribution in [2.75, 3.05) is 0 Å². The smallest absolute Gasteiger partial charge is 0.0299 e. The molecule has 2 rings (SSSR count). The van der Waals surface area contributed by atoms with Gasteiger partial charge in [0.2, 0.25) is 0 Å². The highest BCUT2D eigenvalue weighted by atomic mass is 14.8. The fourth-order valence-corrected chi connectivity index (χ4v) is 2.10. The molecule has 0 radical (unpaired) electrons. The third-order valence-corrected chi connectivity index (χ3v) is 3.31. The molecule has 13 heavy (non-hydrogen) atoms. The summed E-state index contributed by atoms with van der Waals surface area (Å²) in [7, 11) is 0. The van der Waals surface area contributed by atoms with E-state index in [1.807, 2.05) is 12.4 Å². The minimum Gasteiger partial charge on any atom is -0.327 e. The van der Waals surface area contributed by atoms with Gasteiger partial charge < -0.3 is 5.73 Å². The molecule has 2 heteroatoms. The topological polar surface area (TPSA) is 38.9 Å². The predicted molar refractivity (Wildman–Crippen MR) is 53.5 cm³/mol. The molecule has 1 heterocycles. The molecule has 0 saturated heterocycles. The third kappa shape index (κ3) is 1.17. The second-order valence-corrected chi connectivity index (χ2v) is 4.56. The number of nitrogens with zero attached hydrogens (tertiary/aromatic N) is 1. The van der Waals surface area contributed by atoms with E-state index in [0.29, 0.717) is 12.0 Å². The molecular weight excluding hydrogens is 160 g/mol. The molecule has 1 aliphatic rings. The highest BCUT2D eigenvalue weighted by molar-refractivity contribution is 5.37. The molecule has 0 spiro atoms. The summed E-state index contributed by atoms with van der Waals surface area (Å²) >= 11 is 0. The summed E-state index contributed by atoms with van der Waals surface area (Å²) < 4.78 is 0. The van der Waals surface area contributed by atoms with Gasteiger partial charge in [-0.15, -0.1) is 0 Å². The van der Waals surface area contributed by atoms with Gasteiger partial charge in [0.05, 0.1) is 0 Å². The highest BCUT2D eigenvalue weighted by Crippen LogP contribution is 2.57. The number of rotatable bonds is 1. The van der Waals surface area contributed by atoms with E-state index in [4.69, 9.17) is 5.73 Å². The first-order valence-corrected chi connectivity index (χ1v) is 4.71. The molecule has 0 bridgehead atoms. The summed E-state index contributed by atoms with van der Waals surface area (Å²) in [6.45, 7) is 6.55. The zero-order chi connectivity index (χ0) is 9.64. The van der Waals surface area contributed by atoms with E-state index in [1.165, 1.54) is 11.1 Å². The van der Waals surface area contributed by atoms with Crippen molar-refractivity contribution >= 4 is 0 Å². The lowest BCUT2D eigenvalue weighted by atomic mass is 10.0. The molecule has 70 valence electrons.